The van der Waals surface area contributed by atoms with Gasteiger partial charge in [0.15, 0.2) is 0 Å². The number of likely N-dealkylation sites (tertiary alicyclic amines) is 1. The quantitative estimate of drug-likeness (QED) is 0.826. The van der Waals surface area contributed by atoms with E-state index in [1.165, 1.54) is 18.2 Å². The summed E-state index contributed by atoms with van der Waals surface area (Å²) in [7, 11) is 3.81. The zero-order valence-electron chi connectivity index (χ0n) is 11.6. The first-order valence-electron chi connectivity index (χ1n) is 6.50. The molecule has 0 spiro atoms. The van der Waals surface area contributed by atoms with Gasteiger partial charge in [0.2, 0.25) is 0 Å². The maximum atomic E-state index is 13.8. The Hall–Kier alpha value is -1.11. The lowest BCUT2D eigenvalue weighted by molar-refractivity contribution is 0.0694. The molecule has 2 rings (SSSR count). The van der Waals surface area contributed by atoms with Gasteiger partial charge in [-0.1, -0.05) is 0 Å². The molecular weight excluding hydrogens is 279 g/mol. The molecule has 0 aromatic heterocycles. The van der Waals surface area contributed by atoms with E-state index in [0.29, 0.717) is 17.9 Å². The Morgan fingerprint density at radius 1 is 1.55 bits per heavy atom. The smallest absolute Gasteiger partial charge is 0.257 e. The summed E-state index contributed by atoms with van der Waals surface area (Å²) in [5.41, 5.74) is 0.00959. The Morgan fingerprint density at radius 2 is 2.25 bits per heavy atom. The molecule has 6 heteroatoms. The summed E-state index contributed by atoms with van der Waals surface area (Å²) in [6, 6.07) is 4.07. The third-order valence-corrected chi connectivity index (χ3v) is 3.69. The fraction of sp³-hybridized carbons (Fsp3) is 0.500. The SMILES string of the molecule is CN(C)CC1CC(O)CN1C(=O)c1cc(S)ccc1F. The average Bonchev–Trinajstić information content (AvgIpc) is 2.71. The highest BCUT2D eigenvalue weighted by atomic mass is 32.1. The molecule has 110 valence electrons. The summed E-state index contributed by atoms with van der Waals surface area (Å²) in [5, 5.41) is 9.78. The molecule has 2 unspecified atom stereocenters. The van der Waals surface area contributed by atoms with Crippen molar-refractivity contribution in [3.05, 3.63) is 29.6 Å². The molecule has 0 saturated carbocycles. The Kier molecular flexibility index (Phi) is 4.67. The Morgan fingerprint density at radius 3 is 2.90 bits per heavy atom. The number of carbonyl (C=O) groups excluding carboxylic acids is 1. The summed E-state index contributed by atoms with van der Waals surface area (Å²) >= 11 is 4.14. The van der Waals surface area contributed by atoms with Crippen LogP contribution in [0.2, 0.25) is 0 Å². The molecule has 1 aromatic carbocycles. The third kappa shape index (κ3) is 3.31. The van der Waals surface area contributed by atoms with Gasteiger partial charge in [-0.15, -0.1) is 12.6 Å². The number of nitrogens with zero attached hydrogens (tertiary/aromatic N) is 2. The minimum atomic E-state index is -0.558. The van der Waals surface area contributed by atoms with Gasteiger partial charge < -0.3 is 14.9 Å². The first-order valence-corrected chi connectivity index (χ1v) is 6.95. The number of hydrogen-bond acceptors (Lipinski definition) is 4. The van der Waals surface area contributed by atoms with E-state index >= 15 is 0 Å². The van der Waals surface area contributed by atoms with Crippen LogP contribution >= 0.6 is 12.6 Å². The van der Waals surface area contributed by atoms with E-state index in [2.05, 4.69) is 12.6 Å². The fourth-order valence-electron chi connectivity index (χ4n) is 2.57. The van der Waals surface area contributed by atoms with Crippen molar-refractivity contribution < 1.29 is 14.3 Å². The molecule has 1 fully saturated rings. The number of likely N-dealkylation sites (N-methyl/N-ethyl adjacent to an activating group) is 1. The van der Waals surface area contributed by atoms with Crippen molar-refractivity contribution in [1.82, 2.24) is 9.80 Å². The van der Waals surface area contributed by atoms with Gasteiger partial charge in [0.05, 0.1) is 11.7 Å². The summed E-state index contributed by atoms with van der Waals surface area (Å²) in [5.74, 6) is -0.945. The third-order valence-electron chi connectivity index (χ3n) is 3.41. The molecular formula is C14H19FN2O2S. The minimum Gasteiger partial charge on any atom is -0.391 e. The second-order valence-electron chi connectivity index (χ2n) is 5.43. The van der Waals surface area contributed by atoms with Gasteiger partial charge in [0, 0.05) is 24.0 Å². The van der Waals surface area contributed by atoms with Crippen molar-refractivity contribution >= 4 is 18.5 Å². The van der Waals surface area contributed by atoms with E-state index in [0.717, 1.165) is 0 Å². The van der Waals surface area contributed by atoms with Gasteiger partial charge in [-0.2, -0.15) is 0 Å². The van der Waals surface area contributed by atoms with Crippen LogP contribution in [0, 0.1) is 5.82 Å². The Labute approximate surface area is 123 Å². The highest BCUT2D eigenvalue weighted by Gasteiger charge is 2.35. The molecule has 4 nitrogen and oxygen atoms in total. The normalized spacial score (nSPS) is 22.6. The number of benzene rings is 1. The summed E-state index contributed by atoms with van der Waals surface area (Å²) in [4.78, 5) is 16.5. The number of carbonyl (C=O) groups is 1. The number of hydrogen-bond donors (Lipinski definition) is 2. The molecule has 0 bridgehead atoms. The van der Waals surface area contributed by atoms with Crippen molar-refractivity contribution in [1.29, 1.82) is 0 Å². The van der Waals surface area contributed by atoms with Crippen molar-refractivity contribution in [3.8, 4) is 0 Å². The summed E-state index contributed by atoms with van der Waals surface area (Å²) < 4.78 is 13.8. The zero-order valence-corrected chi connectivity index (χ0v) is 12.5. The zero-order chi connectivity index (χ0) is 14.9. The van der Waals surface area contributed by atoms with E-state index in [1.54, 1.807) is 4.90 Å². The first-order chi connectivity index (χ1) is 9.38. The predicted molar refractivity (Wildman–Crippen MR) is 77.7 cm³/mol. The van der Waals surface area contributed by atoms with Gasteiger partial charge in [0.25, 0.3) is 5.91 Å². The lowest BCUT2D eigenvalue weighted by atomic mass is 10.1. The lowest BCUT2D eigenvalue weighted by Crippen LogP contribution is -2.41. The van der Waals surface area contributed by atoms with Crippen molar-refractivity contribution in [3.63, 3.8) is 0 Å². The van der Waals surface area contributed by atoms with Crippen LogP contribution in [0.1, 0.15) is 16.8 Å². The average molecular weight is 298 g/mol. The second-order valence-corrected chi connectivity index (χ2v) is 5.94. The molecule has 1 aromatic rings. The van der Waals surface area contributed by atoms with Crippen LogP contribution in [0.15, 0.2) is 23.1 Å². The largest absolute Gasteiger partial charge is 0.391 e. The second kappa shape index (κ2) is 6.11. The molecule has 1 N–H and O–H groups in total. The molecule has 1 aliphatic heterocycles. The van der Waals surface area contributed by atoms with Gasteiger partial charge in [-0.05, 0) is 38.7 Å². The van der Waals surface area contributed by atoms with Crippen LogP contribution in [0.4, 0.5) is 4.39 Å². The lowest BCUT2D eigenvalue weighted by Gasteiger charge is -2.27. The highest BCUT2D eigenvalue weighted by Crippen LogP contribution is 2.23. The van der Waals surface area contributed by atoms with Gasteiger partial charge in [-0.3, -0.25) is 4.79 Å². The fourth-order valence-corrected chi connectivity index (χ4v) is 2.77. The van der Waals surface area contributed by atoms with Crippen LogP contribution in [-0.2, 0) is 0 Å². The van der Waals surface area contributed by atoms with Crippen LogP contribution in [0.3, 0.4) is 0 Å². The molecule has 1 aliphatic rings. The number of amides is 1. The number of β-amino-alcohol motifs (C(OH)–C–C–N with tert-alkyl or cyclic N) is 1. The van der Waals surface area contributed by atoms with Crippen LogP contribution in [-0.4, -0.2) is 60.1 Å². The molecule has 1 saturated heterocycles. The molecule has 1 amide bonds. The maximum Gasteiger partial charge on any atom is 0.257 e. The van der Waals surface area contributed by atoms with E-state index in [-0.39, 0.29) is 24.1 Å². The van der Waals surface area contributed by atoms with E-state index in [4.69, 9.17) is 0 Å². The Balaban J connectivity index is 2.24. The van der Waals surface area contributed by atoms with Crippen LogP contribution in [0.5, 0.6) is 0 Å². The van der Waals surface area contributed by atoms with Crippen LogP contribution in [0.25, 0.3) is 0 Å². The van der Waals surface area contributed by atoms with Crippen molar-refractivity contribution in [2.24, 2.45) is 0 Å². The standard InChI is InChI=1S/C14H19FN2O2S/c1-16(2)7-9-5-10(18)8-17(9)14(19)12-6-11(20)3-4-13(12)15/h3-4,6,9-10,18,20H,5,7-8H2,1-2H3. The molecule has 0 radical (unpaired) electrons. The predicted octanol–water partition coefficient (Wildman–Crippen LogP) is 1.25. The molecule has 20 heavy (non-hydrogen) atoms. The van der Waals surface area contributed by atoms with Crippen LogP contribution < -0.4 is 0 Å². The van der Waals surface area contributed by atoms with Gasteiger partial charge in [0.1, 0.15) is 5.82 Å². The molecule has 0 aliphatic carbocycles. The van der Waals surface area contributed by atoms with Crippen molar-refractivity contribution in [2.45, 2.75) is 23.5 Å². The number of aliphatic hydroxyl groups excluding tert-OH is 1. The summed E-state index contributed by atoms with van der Waals surface area (Å²) in [6.45, 7) is 0.887. The molecule has 2 atom stereocenters. The van der Waals surface area contributed by atoms with E-state index in [9.17, 15) is 14.3 Å². The minimum absolute atomic E-state index is 0.00959. The number of halogens is 1. The summed E-state index contributed by atoms with van der Waals surface area (Å²) in [6.07, 6.45) is -0.0299. The number of thiol groups is 1. The molecule has 1 heterocycles. The Bertz CT molecular complexity index is 510. The number of rotatable bonds is 3. The van der Waals surface area contributed by atoms with Gasteiger partial charge >= 0.3 is 0 Å². The monoisotopic (exact) mass is 298 g/mol. The van der Waals surface area contributed by atoms with E-state index in [1.807, 2.05) is 19.0 Å². The van der Waals surface area contributed by atoms with Gasteiger partial charge in [-0.25, -0.2) is 4.39 Å². The maximum absolute atomic E-state index is 13.8. The number of aliphatic hydroxyl groups is 1. The van der Waals surface area contributed by atoms with Crippen molar-refractivity contribution in [2.75, 3.05) is 27.2 Å². The highest BCUT2D eigenvalue weighted by molar-refractivity contribution is 7.80. The van der Waals surface area contributed by atoms with E-state index < -0.39 is 11.9 Å². The first kappa shape index (κ1) is 15.3. The topological polar surface area (TPSA) is 43.8 Å².